The fourth-order valence-corrected chi connectivity index (χ4v) is 7.97. The summed E-state index contributed by atoms with van der Waals surface area (Å²) in [5.41, 5.74) is 1.28. The average Bonchev–Trinajstić information content (AvgIpc) is 2.88. The second kappa shape index (κ2) is 12.6. The van der Waals surface area contributed by atoms with E-state index in [4.69, 9.17) is 4.74 Å². The summed E-state index contributed by atoms with van der Waals surface area (Å²) in [6.45, 7) is 11.5. The lowest BCUT2D eigenvalue weighted by atomic mass is 9.85. The Morgan fingerprint density at radius 2 is 1.55 bits per heavy atom. The third-order valence-electron chi connectivity index (χ3n) is 8.82. The van der Waals surface area contributed by atoms with E-state index in [0.717, 1.165) is 18.9 Å². The summed E-state index contributed by atoms with van der Waals surface area (Å²) in [6, 6.07) is 4.89. The summed E-state index contributed by atoms with van der Waals surface area (Å²) in [7, 11) is 1.61. The zero-order valence-corrected chi connectivity index (χ0v) is 24.7. The summed E-state index contributed by atoms with van der Waals surface area (Å²) in [6.07, 6.45) is 4.84. The van der Waals surface area contributed by atoms with Crippen molar-refractivity contribution in [2.75, 3.05) is 73.6 Å². The number of nitrogens with zero attached hydrogens (tertiary/aromatic N) is 4. The molecule has 2 saturated heterocycles. The molecule has 1 aromatic rings. The largest absolute Gasteiger partial charge is 0.497 e. The number of methoxy groups -OCH3 is 1. The Balaban J connectivity index is 1.15. The molecule has 4 rings (SSSR count). The monoisotopic (exact) mass is 549 g/mol. The minimum absolute atomic E-state index is 0.0879. The third-order valence-corrected chi connectivity index (χ3v) is 11.0. The topological polar surface area (TPSA) is 85.4 Å². The van der Waals surface area contributed by atoms with Crippen LogP contribution in [-0.2, 0) is 14.8 Å². The number of rotatable bonds is 10. The molecular formula is C28H47N5O4S. The molecule has 214 valence electrons. The quantitative estimate of drug-likeness (QED) is 0.477. The van der Waals surface area contributed by atoms with Crippen LogP contribution < -0.4 is 10.1 Å². The van der Waals surface area contributed by atoms with Crippen LogP contribution in [0.3, 0.4) is 0 Å². The van der Waals surface area contributed by atoms with Gasteiger partial charge in [0.15, 0.2) is 0 Å². The van der Waals surface area contributed by atoms with Gasteiger partial charge in [0, 0.05) is 77.9 Å². The smallest absolute Gasteiger partial charge is 0.243 e. The van der Waals surface area contributed by atoms with Gasteiger partial charge in [-0.3, -0.25) is 14.6 Å². The van der Waals surface area contributed by atoms with Gasteiger partial charge in [-0.1, -0.05) is 0 Å². The van der Waals surface area contributed by atoms with Gasteiger partial charge in [0.25, 0.3) is 0 Å². The molecule has 0 radical (unpaired) electrons. The second-order valence-electron chi connectivity index (χ2n) is 11.6. The summed E-state index contributed by atoms with van der Waals surface area (Å²) in [5, 5.41) is 3.06. The zero-order chi connectivity index (χ0) is 27.4. The normalized spacial score (nSPS) is 24.4. The first-order chi connectivity index (χ1) is 18.1. The summed E-state index contributed by atoms with van der Waals surface area (Å²) in [5.74, 6) is 1.05. The van der Waals surface area contributed by atoms with Crippen LogP contribution in [0.2, 0.25) is 0 Å². The van der Waals surface area contributed by atoms with Gasteiger partial charge in [0.1, 0.15) is 5.75 Å². The van der Waals surface area contributed by atoms with E-state index in [-0.39, 0.29) is 23.8 Å². The van der Waals surface area contributed by atoms with Crippen molar-refractivity contribution in [3.63, 3.8) is 0 Å². The first-order valence-corrected chi connectivity index (χ1v) is 15.6. The summed E-state index contributed by atoms with van der Waals surface area (Å²) in [4.78, 5) is 20.6. The first-order valence-electron chi connectivity index (χ1n) is 14.1. The Kier molecular flexibility index (Phi) is 9.73. The number of likely N-dealkylation sites (N-methyl/N-ethyl adjacent to an activating group) is 1. The Morgan fingerprint density at radius 1 is 1.00 bits per heavy atom. The Hall–Kier alpha value is -1.72. The van der Waals surface area contributed by atoms with E-state index in [1.807, 2.05) is 0 Å². The van der Waals surface area contributed by atoms with Gasteiger partial charge in [-0.25, -0.2) is 12.7 Å². The number of hydrogen-bond donors (Lipinski definition) is 1. The second-order valence-corrected chi connectivity index (χ2v) is 13.6. The number of carbonyl (C=O) groups excluding carboxylic acids is 1. The molecule has 0 aromatic heterocycles. The van der Waals surface area contributed by atoms with E-state index in [2.05, 4.69) is 27.1 Å². The minimum atomic E-state index is -3.69. The molecule has 2 aliphatic heterocycles. The van der Waals surface area contributed by atoms with Crippen LogP contribution in [0.25, 0.3) is 0 Å². The first kappa shape index (κ1) is 29.3. The number of piperazine rings is 1. The molecule has 2 heterocycles. The van der Waals surface area contributed by atoms with Crippen LogP contribution in [0.5, 0.6) is 5.75 Å². The van der Waals surface area contributed by atoms with Gasteiger partial charge in [-0.15, -0.1) is 0 Å². The molecule has 10 heteroatoms. The van der Waals surface area contributed by atoms with Crippen molar-refractivity contribution in [3.05, 3.63) is 23.3 Å². The van der Waals surface area contributed by atoms with Crippen LogP contribution in [0.15, 0.2) is 17.0 Å². The average molecular weight is 550 g/mol. The lowest BCUT2D eigenvalue weighted by molar-refractivity contribution is -0.121. The molecule has 1 saturated carbocycles. The van der Waals surface area contributed by atoms with Crippen molar-refractivity contribution < 1.29 is 17.9 Å². The molecule has 1 aromatic carbocycles. The number of benzene rings is 1. The molecule has 3 aliphatic rings. The molecule has 0 bridgehead atoms. The maximum atomic E-state index is 13.2. The fourth-order valence-electron chi connectivity index (χ4n) is 6.40. The predicted octanol–water partition coefficient (Wildman–Crippen LogP) is 1.93. The number of hydrogen-bond acceptors (Lipinski definition) is 7. The van der Waals surface area contributed by atoms with Gasteiger partial charge >= 0.3 is 0 Å². The van der Waals surface area contributed by atoms with E-state index >= 15 is 0 Å². The van der Waals surface area contributed by atoms with Crippen LogP contribution in [-0.4, -0.2) is 119 Å². The highest BCUT2D eigenvalue weighted by Crippen LogP contribution is 2.29. The standard InChI is InChI=1S/C28H47N5O4S/c1-21-16-26(37-5)17-22(2)28(21)38(35,36)31(4)11-10-27(34)29-18-23-6-8-24(9-7-23)32-12-14-33(15-13-32)25-19-30(3)20-25/h16-17,23-25H,6-15,18-20H2,1-5H3,(H,29,34). The highest BCUT2D eigenvalue weighted by Gasteiger charge is 2.34. The highest BCUT2D eigenvalue weighted by molar-refractivity contribution is 7.89. The van der Waals surface area contributed by atoms with Crippen molar-refractivity contribution in [2.45, 2.75) is 62.9 Å². The molecule has 1 N–H and O–H groups in total. The zero-order valence-electron chi connectivity index (χ0n) is 23.9. The van der Waals surface area contributed by atoms with E-state index in [9.17, 15) is 13.2 Å². The van der Waals surface area contributed by atoms with Crippen LogP contribution in [0, 0.1) is 19.8 Å². The lowest BCUT2D eigenvalue weighted by Gasteiger charge is -2.48. The molecule has 3 fully saturated rings. The van der Waals surface area contributed by atoms with E-state index in [0.29, 0.717) is 35.4 Å². The van der Waals surface area contributed by atoms with Gasteiger partial charge in [0.05, 0.1) is 12.0 Å². The number of nitrogens with one attached hydrogen (secondary N) is 1. The molecular weight excluding hydrogens is 502 g/mol. The number of aryl methyl sites for hydroxylation is 2. The molecule has 0 atom stereocenters. The number of likely N-dealkylation sites (tertiary alicyclic amines) is 1. The maximum absolute atomic E-state index is 13.2. The molecule has 0 unspecified atom stereocenters. The van der Waals surface area contributed by atoms with Crippen molar-refractivity contribution in [2.24, 2.45) is 5.92 Å². The van der Waals surface area contributed by atoms with Gasteiger partial charge in [0.2, 0.25) is 15.9 Å². The van der Waals surface area contributed by atoms with Crippen LogP contribution >= 0.6 is 0 Å². The maximum Gasteiger partial charge on any atom is 0.243 e. The van der Waals surface area contributed by atoms with Crippen LogP contribution in [0.4, 0.5) is 0 Å². The van der Waals surface area contributed by atoms with Gasteiger partial charge in [-0.05, 0) is 75.8 Å². The molecule has 9 nitrogen and oxygen atoms in total. The number of sulfonamides is 1. The molecule has 1 aliphatic carbocycles. The Bertz CT molecular complexity index is 1040. The number of amides is 1. The molecule has 38 heavy (non-hydrogen) atoms. The number of ether oxygens (including phenoxy) is 1. The van der Waals surface area contributed by atoms with Gasteiger partial charge in [-0.2, -0.15) is 0 Å². The van der Waals surface area contributed by atoms with E-state index < -0.39 is 10.0 Å². The van der Waals surface area contributed by atoms with Crippen molar-refractivity contribution in [1.29, 1.82) is 0 Å². The Labute approximate surface area is 229 Å². The minimum Gasteiger partial charge on any atom is -0.497 e. The third kappa shape index (κ3) is 6.88. The van der Waals surface area contributed by atoms with Crippen molar-refractivity contribution in [1.82, 2.24) is 24.3 Å². The summed E-state index contributed by atoms with van der Waals surface area (Å²) >= 11 is 0. The Morgan fingerprint density at radius 3 is 2.08 bits per heavy atom. The van der Waals surface area contributed by atoms with E-state index in [1.165, 1.54) is 63.5 Å². The highest BCUT2D eigenvalue weighted by atomic mass is 32.2. The van der Waals surface area contributed by atoms with Gasteiger partial charge < -0.3 is 15.0 Å². The van der Waals surface area contributed by atoms with Crippen molar-refractivity contribution >= 4 is 15.9 Å². The lowest BCUT2D eigenvalue weighted by Crippen LogP contribution is -2.62. The fraction of sp³-hybridized carbons (Fsp3) is 0.750. The SMILES string of the molecule is COc1cc(C)c(S(=O)(=O)N(C)CCC(=O)NCC2CCC(N3CCN(C4CN(C)C4)CC3)CC2)c(C)c1. The van der Waals surface area contributed by atoms with Crippen molar-refractivity contribution in [3.8, 4) is 5.75 Å². The van der Waals surface area contributed by atoms with E-state index in [1.54, 1.807) is 33.1 Å². The summed E-state index contributed by atoms with van der Waals surface area (Å²) < 4.78 is 32.9. The van der Waals surface area contributed by atoms with Crippen LogP contribution in [0.1, 0.15) is 43.2 Å². The molecule has 0 spiro atoms. The molecule has 1 amide bonds. The number of carbonyl (C=O) groups is 1. The predicted molar refractivity (Wildman–Crippen MR) is 150 cm³/mol.